The first kappa shape index (κ1) is 19.8. The highest BCUT2D eigenvalue weighted by molar-refractivity contribution is 6.44. The molecule has 8 nitrogen and oxygen atoms in total. The number of benzene rings is 2. The molecule has 10 heteroatoms. The molecule has 1 N–H and O–H groups in total. The lowest BCUT2D eigenvalue weighted by atomic mass is 10.2. The van der Waals surface area contributed by atoms with E-state index in [-0.39, 0.29) is 11.6 Å². The van der Waals surface area contributed by atoms with Gasteiger partial charge in [0.1, 0.15) is 0 Å². The second-order valence-electron chi connectivity index (χ2n) is 5.73. The fraction of sp³-hybridized carbons (Fsp3) is 0.167. The Morgan fingerprint density at radius 3 is 2.64 bits per heavy atom. The summed E-state index contributed by atoms with van der Waals surface area (Å²) >= 11 is 11.9. The number of ether oxygens (including phenoxy) is 1. The molecule has 0 saturated heterocycles. The Kier molecular flexibility index (Phi) is 6.23. The van der Waals surface area contributed by atoms with Crippen molar-refractivity contribution < 1.29 is 14.3 Å². The summed E-state index contributed by atoms with van der Waals surface area (Å²) in [6.07, 6.45) is -1.06. The number of amides is 1. The van der Waals surface area contributed by atoms with E-state index in [1.54, 1.807) is 18.2 Å². The number of hydrogen-bond acceptors (Lipinski definition) is 6. The number of nitrogens with zero attached hydrogens (tertiary/aromatic N) is 4. The van der Waals surface area contributed by atoms with Crippen LogP contribution in [0.5, 0.6) is 0 Å². The molecule has 0 aliphatic rings. The smallest absolute Gasteiger partial charge is 0.330 e. The van der Waals surface area contributed by atoms with Gasteiger partial charge in [-0.2, -0.15) is 4.80 Å². The number of rotatable bonds is 6. The zero-order valence-corrected chi connectivity index (χ0v) is 16.2. The van der Waals surface area contributed by atoms with Crippen molar-refractivity contribution in [1.29, 1.82) is 0 Å². The molecule has 0 bridgehead atoms. The molecule has 2 aromatic carbocycles. The summed E-state index contributed by atoms with van der Waals surface area (Å²) in [5, 5.41) is 14.9. The van der Waals surface area contributed by atoms with Gasteiger partial charge in [-0.1, -0.05) is 59.6 Å². The Balaban J connectivity index is 1.56. The topological polar surface area (TPSA) is 99.0 Å². The van der Waals surface area contributed by atoms with Crippen LogP contribution in [0.1, 0.15) is 6.92 Å². The van der Waals surface area contributed by atoms with Crippen LogP contribution in [0.3, 0.4) is 0 Å². The van der Waals surface area contributed by atoms with E-state index in [0.29, 0.717) is 16.5 Å². The second kappa shape index (κ2) is 8.81. The Hall–Kier alpha value is -2.97. The van der Waals surface area contributed by atoms with Crippen molar-refractivity contribution in [3.05, 3.63) is 58.6 Å². The van der Waals surface area contributed by atoms with Gasteiger partial charge in [-0.3, -0.25) is 4.79 Å². The van der Waals surface area contributed by atoms with Crippen molar-refractivity contribution in [2.75, 3.05) is 5.32 Å². The van der Waals surface area contributed by atoms with Crippen LogP contribution in [0.15, 0.2) is 48.5 Å². The molecule has 0 unspecified atom stereocenters. The van der Waals surface area contributed by atoms with E-state index in [4.69, 9.17) is 27.9 Å². The Morgan fingerprint density at radius 2 is 1.89 bits per heavy atom. The number of nitrogens with one attached hydrogen (secondary N) is 1. The minimum atomic E-state index is -1.06. The number of esters is 1. The van der Waals surface area contributed by atoms with Crippen molar-refractivity contribution in [3.8, 4) is 11.4 Å². The number of carbonyl (C=O) groups excluding carboxylic acids is 2. The van der Waals surface area contributed by atoms with Crippen LogP contribution in [0.2, 0.25) is 10.0 Å². The predicted octanol–water partition coefficient (Wildman–Crippen LogP) is 3.22. The number of aromatic nitrogens is 4. The molecule has 0 radical (unpaired) electrons. The van der Waals surface area contributed by atoms with Crippen LogP contribution < -0.4 is 5.32 Å². The predicted molar refractivity (Wildman–Crippen MR) is 104 cm³/mol. The molecule has 0 aliphatic carbocycles. The van der Waals surface area contributed by atoms with Crippen LogP contribution in [0, 0.1) is 0 Å². The molecular weight excluding hydrogens is 405 g/mol. The average Bonchev–Trinajstić information content (AvgIpc) is 3.14. The van der Waals surface area contributed by atoms with E-state index in [2.05, 4.69) is 20.7 Å². The van der Waals surface area contributed by atoms with Gasteiger partial charge >= 0.3 is 5.97 Å². The minimum absolute atomic E-state index is 0.205. The van der Waals surface area contributed by atoms with Crippen LogP contribution in [-0.4, -0.2) is 38.2 Å². The van der Waals surface area contributed by atoms with Crippen LogP contribution in [-0.2, 0) is 20.9 Å². The monoisotopic (exact) mass is 419 g/mol. The molecule has 1 amide bonds. The van der Waals surface area contributed by atoms with E-state index in [0.717, 1.165) is 10.4 Å². The maximum atomic E-state index is 12.2. The number of halogens is 2. The van der Waals surface area contributed by atoms with Crippen molar-refractivity contribution in [3.63, 3.8) is 0 Å². The first-order valence-corrected chi connectivity index (χ1v) is 8.97. The summed E-state index contributed by atoms with van der Waals surface area (Å²) in [5.74, 6) is -0.847. The molecule has 3 aromatic rings. The molecule has 0 aliphatic heterocycles. The highest BCUT2D eigenvalue weighted by Gasteiger charge is 2.20. The van der Waals surface area contributed by atoms with Crippen molar-refractivity contribution >= 4 is 40.8 Å². The van der Waals surface area contributed by atoms with Crippen molar-refractivity contribution in [1.82, 2.24) is 20.2 Å². The molecule has 1 heterocycles. The van der Waals surface area contributed by atoms with Gasteiger partial charge in [-0.05, 0) is 24.3 Å². The third-order valence-corrected chi connectivity index (χ3v) is 4.46. The molecule has 0 fully saturated rings. The van der Waals surface area contributed by atoms with Gasteiger partial charge in [-0.25, -0.2) is 4.79 Å². The zero-order chi connectivity index (χ0) is 20.1. The highest BCUT2D eigenvalue weighted by atomic mass is 35.5. The van der Waals surface area contributed by atoms with E-state index in [1.165, 1.54) is 6.92 Å². The van der Waals surface area contributed by atoms with E-state index in [9.17, 15) is 9.59 Å². The highest BCUT2D eigenvalue weighted by Crippen LogP contribution is 2.29. The SMILES string of the molecule is C[C@H](OC(=O)Cn1nnc(-c2ccccc2)n1)C(=O)Nc1cccc(Cl)c1Cl. The summed E-state index contributed by atoms with van der Waals surface area (Å²) in [7, 11) is 0. The maximum Gasteiger partial charge on any atom is 0.330 e. The molecule has 28 heavy (non-hydrogen) atoms. The number of hydrogen-bond donors (Lipinski definition) is 1. The summed E-state index contributed by atoms with van der Waals surface area (Å²) in [6.45, 7) is 1.16. The molecule has 3 rings (SSSR count). The standard InChI is InChI=1S/C18H15Cl2N5O3/c1-11(18(27)21-14-9-5-8-13(19)16(14)20)28-15(26)10-25-23-17(22-24-25)12-6-3-2-4-7-12/h2-9,11H,10H2,1H3,(H,21,27)/t11-/m0/s1. The van der Waals surface area contributed by atoms with Gasteiger partial charge in [0, 0.05) is 5.56 Å². The lowest BCUT2D eigenvalue weighted by Crippen LogP contribution is -2.31. The number of carbonyl (C=O) groups is 2. The minimum Gasteiger partial charge on any atom is -0.451 e. The third kappa shape index (κ3) is 4.85. The fourth-order valence-corrected chi connectivity index (χ4v) is 2.60. The number of anilines is 1. The average molecular weight is 420 g/mol. The lowest BCUT2D eigenvalue weighted by molar-refractivity contribution is -0.154. The van der Waals surface area contributed by atoms with Gasteiger partial charge in [0.2, 0.25) is 5.82 Å². The van der Waals surface area contributed by atoms with Crippen LogP contribution in [0.4, 0.5) is 5.69 Å². The van der Waals surface area contributed by atoms with E-state index >= 15 is 0 Å². The molecule has 1 aromatic heterocycles. The molecule has 1 atom stereocenters. The maximum absolute atomic E-state index is 12.2. The van der Waals surface area contributed by atoms with E-state index < -0.39 is 18.0 Å². The summed E-state index contributed by atoms with van der Waals surface area (Å²) in [5.41, 5.74) is 1.10. The molecule has 144 valence electrons. The second-order valence-corrected chi connectivity index (χ2v) is 6.52. The van der Waals surface area contributed by atoms with E-state index in [1.807, 2.05) is 30.3 Å². The van der Waals surface area contributed by atoms with Gasteiger partial charge in [0.25, 0.3) is 5.91 Å². The summed E-state index contributed by atoms with van der Waals surface area (Å²) < 4.78 is 5.12. The molecular formula is C18H15Cl2N5O3. The molecule has 0 spiro atoms. The van der Waals surface area contributed by atoms with Crippen LogP contribution >= 0.6 is 23.2 Å². The van der Waals surface area contributed by atoms with Gasteiger partial charge in [0.15, 0.2) is 12.6 Å². The Bertz CT molecular complexity index is 994. The first-order valence-electron chi connectivity index (χ1n) is 8.21. The van der Waals surface area contributed by atoms with Crippen molar-refractivity contribution in [2.24, 2.45) is 0 Å². The number of tetrazole rings is 1. The summed E-state index contributed by atoms with van der Waals surface area (Å²) in [6, 6.07) is 14.0. The largest absolute Gasteiger partial charge is 0.451 e. The van der Waals surface area contributed by atoms with Gasteiger partial charge in [0.05, 0.1) is 15.7 Å². The lowest BCUT2D eigenvalue weighted by Gasteiger charge is -2.14. The normalized spacial score (nSPS) is 11.7. The zero-order valence-electron chi connectivity index (χ0n) is 14.7. The van der Waals surface area contributed by atoms with Crippen molar-refractivity contribution in [2.45, 2.75) is 19.6 Å². The quantitative estimate of drug-likeness (QED) is 0.615. The van der Waals surface area contributed by atoms with Gasteiger partial charge in [-0.15, -0.1) is 10.2 Å². The fourth-order valence-electron chi connectivity index (χ4n) is 2.25. The summed E-state index contributed by atoms with van der Waals surface area (Å²) in [4.78, 5) is 25.4. The first-order chi connectivity index (χ1) is 13.4. The molecule has 0 saturated carbocycles. The Labute approximate surface area is 170 Å². The van der Waals surface area contributed by atoms with Crippen LogP contribution in [0.25, 0.3) is 11.4 Å². The Morgan fingerprint density at radius 1 is 1.14 bits per heavy atom. The van der Waals surface area contributed by atoms with Gasteiger partial charge < -0.3 is 10.1 Å². The third-order valence-electron chi connectivity index (χ3n) is 3.64.